The minimum Gasteiger partial charge on any atom is -0.294 e. The molecule has 7 heteroatoms. The van der Waals surface area contributed by atoms with E-state index in [1.165, 1.54) is 0 Å². The van der Waals surface area contributed by atoms with Crippen molar-refractivity contribution in [2.75, 3.05) is 0 Å². The normalized spacial score (nSPS) is 11.5. The number of hydrogen-bond acceptors (Lipinski definition) is 3. The van der Waals surface area contributed by atoms with Crippen molar-refractivity contribution in [1.82, 2.24) is 9.06 Å². The Labute approximate surface area is 168 Å². The second kappa shape index (κ2) is 8.40. The summed E-state index contributed by atoms with van der Waals surface area (Å²) in [7, 11) is 0. The lowest BCUT2D eigenvalue weighted by atomic mass is 9.95. The fourth-order valence-electron chi connectivity index (χ4n) is 2.32. The van der Waals surface area contributed by atoms with Crippen molar-refractivity contribution in [1.29, 1.82) is 0 Å². The van der Waals surface area contributed by atoms with Crippen molar-refractivity contribution in [3.63, 3.8) is 0 Å². The first-order valence-electron chi connectivity index (χ1n) is 7.93. The van der Waals surface area contributed by atoms with Gasteiger partial charge in [-0.05, 0) is 57.2 Å². The minimum atomic E-state index is -0.902. The van der Waals surface area contributed by atoms with Crippen LogP contribution in [-0.2, 0) is 0 Å². The summed E-state index contributed by atoms with van der Waals surface area (Å²) in [4.78, 5) is 25.0. The molecule has 1 amide bonds. The standard InChI is InChI=1S/C19H19Cl3N2O2/c1-13-4-6-15(7-5-13)18(26)23(21)24(22)19(2,3)12-17(25)14-8-10-16(20)11-9-14/h4-11H,12H2,1-3H3. The van der Waals surface area contributed by atoms with Gasteiger partial charge in [0, 0.05) is 46.1 Å². The molecular formula is C19H19Cl3N2O2. The molecule has 0 N–H and O–H groups in total. The maximum atomic E-state index is 12.5. The van der Waals surface area contributed by atoms with Gasteiger partial charge < -0.3 is 0 Å². The van der Waals surface area contributed by atoms with E-state index in [4.69, 9.17) is 35.2 Å². The van der Waals surface area contributed by atoms with Crippen molar-refractivity contribution < 1.29 is 9.59 Å². The van der Waals surface area contributed by atoms with Crippen molar-refractivity contribution in [3.05, 3.63) is 70.2 Å². The zero-order valence-electron chi connectivity index (χ0n) is 14.7. The minimum absolute atomic E-state index is 0.0581. The molecule has 2 rings (SSSR count). The van der Waals surface area contributed by atoms with E-state index in [1.54, 1.807) is 50.2 Å². The molecule has 26 heavy (non-hydrogen) atoms. The lowest BCUT2D eigenvalue weighted by Crippen LogP contribution is -2.48. The van der Waals surface area contributed by atoms with Crippen LogP contribution >= 0.6 is 35.2 Å². The summed E-state index contributed by atoms with van der Waals surface area (Å²) in [6, 6.07) is 13.6. The van der Waals surface area contributed by atoms with Crippen LogP contribution < -0.4 is 0 Å². The highest BCUT2D eigenvalue weighted by Gasteiger charge is 2.35. The average Bonchev–Trinajstić information content (AvgIpc) is 2.60. The Hall–Kier alpha value is -1.59. The molecule has 0 heterocycles. The number of halogens is 3. The van der Waals surface area contributed by atoms with E-state index in [0.717, 1.165) is 14.6 Å². The zero-order valence-corrected chi connectivity index (χ0v) is 16.9. The molecule has 0 saturated carbocycles. The summed E-state index contributed by atoms with van der Waals surface area (Å²) in [5.74, 6) is -0.612. The number of nitrogens with zero attached hydrogens (tertiary/aromatic N) is 2. The molecule has 138 valence electrons. The zero-order chi connectivity index (χ0) is 19.5. The van der Waals surface area contributed by atoms with E-state index >= 15 is 0 Å². The van der Waals surface area contributed by atoms with Crippen LogP contribution in [-0.4, -0.2) is 26.3 Å². The summed E-state index contributed by atoms with van der Waals surface area (Å²) in [6.45, 7) is 5.38. The Morgan fingerprint density at radius 3 is 1.96 bits per heavy atom. The number of hydrazine groups is 1. The molecule has 2 aromatic carbocycles. The summed E-state index contributed by atoms with van der Waals surface area (Å²) in [6.07, 6.45) is 0.0581. The highest BCUT2D eigenvalue weighted by atomic mass is 35.5. The molecule has 0 aliphatic heterocycles. The Kier molecular flexibility index (Phi) is 6.69. The maximum Gasteiger partial charge on any atom is 0.284 e. The Morgan fingerprint density at radius 2 is 1.42 bits per heavy atom. The van der Waals surface area contributed by atoms with Gasteiger partial charge in [-0.2, -0.15) is 4.53 Å². The van der Waals surface area contributed by atoms with Crippen LogP contribution in [0.1, 0.15) is 46.5 Å². The number of ketones is 1. The van der Waals surface area contributed by atoms with Gasteiger partial charge in [-0.15, -0.1) is 4.53 Å². The monoisotopic (exact) mass is 412 g/mol. The largest absolute Gasteiger partial charge is 0.294 e. The molecule has 0 aliphatic carbocycles. The molecule has 0 spiro atoms. The van der Waals surface area contributed by atoms with Gasteiger partial charge in [-0.3, -0.25) is 9.59 Å². The van der Waals surface area contributed by atoms with Gasteiger partial charge in [0.1, 0.15) is 0 Å². The van der Waals surface area contributed by atoms with Gasteiger partial charge in [0.05, 0.1) is 5.54 Å². The number of rotatable bonds is 6. The third-order valence-corrected chi connectivity index (χ3v) is 5.12. The van der Waals surface area contributed by atoms with E-state index in [0.29, 0.717) is 16.1 Å². The van der Waals surface area contributed by atoms with Crippen molar-refractivity contribution >= 4 is 46.8 Å². The van der Waals surface area contributed by atoms with Crippen molar-refractivity contribution in [3.8, 4) is 0 Å². The van der Waals surface area contributed by atoms with Crippen molar-refractivity contribution in [2.45, 2.75) is 32.7 Å². The second-order valence-corrected chi connectivity index (χ2v) is 7.69. The molecule has 0 saturated heterocycles. The van der Waals surface area contributed by atoms with Gasteiger partial charge in [0.15, 0.2) is 5.78 Å². The quantitative estimate of drug-likeness (QED) is 0.348. The molecule has 0 fully saturated rings. The first-order chi connectivity index (χ1) is 12.1. The third-order valence-electron chi connectivity index (χ3n) is 3.88. The fourth-order valence-corrected chi connectivity index (χ4v) is 2.87. The third kappa shape index (κ3) is 4.98. The molecule has 0 unspecified atom stereocenters. The van der Waals surface area contributed by atoms with E-state index < -0.39 is 11.4 Å². The molecule has 0 radical (unpaired) electrons. The first kappa shape index (κ1) is 20.7. The Balaban J connectivity index is 2.11. The maximum absolute atomic E-state index is 12.5. The number of carbonyl (C=O) groups excluding carboxylic acids is 2. The number of amides is 1. The van der Waals surface area contributed by atoms with Crippen LogP contribution in [0, 0.1) is 6.92 Å². The predicted molar refractivity (Wildman–Crippen MR) is 105 cm³/mol. The highest BCUT2D eigenvalue weighted by Crippen LogP contribution is 2.28. The van der Waals surface area contributed by atoms with E-state index in [-0.39, 0.29) is 12.2 Å². The van der Waals surface area contributed by atoms with Gasteiger partial charge in [-0.25, -0.2) is 0 Å². The SMILES string of the molecule is Cc1ccc(C(=O)N(Cl)N(Cl)C(C)(C)CC(=O)c2ccc(Cl)cc2)cc1. The summed E-state index contributed by atoms with van der Waals surface area (Å²) >= 11 is 18.3. The smallest absolute Gasteiger partial charge is 0.284 e. The van der Waals surface area contributed by atoms with Crippen LogP contribution in [0.2, 0.25) is 5.02 Å². The van der Waals surface area contributed by atoms with Gasteiger partial charge in [0.25, 0.3) is 5.91 Å². The second-order valence-electron chi connectivity index (χ2n) is 6.61. The summed E-state index contributed by atoms with van der Waals surface area (Å²) in [5.41, 5.74) is 1.04. The lowest BCUT2D eigenvalue weighted by Gasteiger charge is -2.35. The van der Waals surface area contributed by atoms with E-state index in [2.05, 4.69) is 0 Å². The summed E-state index contributed by atoms with van der Waals surface area (Å²) < 4.78 is 1.84. The number of Topliss-reactive ketones (excluding diaryl/α,β-unsaturated/α-hetero) is 1. The first-order valence-corrected chi connectivity index (χ1v) is 8.99. The molecule has 0 aromatic heterocycles. The summed E-state index contributed by atoms with van der Waals surface area (Å²) in [5, 5.41) is 0.551. The molecular weight excluding hydrogens is 395 g/mol. The van der Waals surface area contributed by atoms with E-state index in [1.807, 2.05) is 19.1 Å². The Bertz CT molecular complexity index is 789. The average molecular weight is 414 g/mol. The highest BCUT2D eigenvalue weighted by molar-refractivity contribution is 6.30. The number of aryl methyl sites for hydroxylation is 1. The molecule has 4 nitrogen and oxygen atoms in total. The number of benzene rings is 2. The predicted octanol–water partition coefficient (Wildman–Crippen LogP) is 5.67. The topological polar surface area (TPSA) is 40.6 Å². The number of carbonyl (C=O) groups is 2. The van der Waals surface area contributed by atoms with E-state index in [9.17, 15) is 9.59 Å². The van der Waals surface area contributed by atoms with Crippen molar-refractivity contribution in [2.24, 2.45) is 0 Å². The fraction of sp³-hybridized carbons (Fsp3) is 0.263. The van der Waals surface area contributed by atoms with Crippen LogP contribution in [0.5, 0.6) is 0 Å². The van der Waals surface area contributed by atoms with Gasteiger partial charge in [0.2, 0.25) is 0 Å². The van der Waals surface area contributed by atoms with Crippen LogP contribution in [0.4, 0.5) is 0 Å². The van der Waals surface area contributed by atoms with Crippen LogP contribution in [0.25, 0.3) is 0 Å². The van der Waals surface area contributed by atoms with Crippen LogP contribution in [0.15, 0.2) is 48.5 Å². The molecule has 0 bridgehead atoms. The number of hydrogen-bond donors (Lipinski definition) is 0. The molecule has 0 aliphatic rings. The van der Waals surface area contributed by atoms with Gasteiger partial charge in [-0.1, -0.05) is 29.3 Å². The molecule has 0 atom stereocenters. The lowest BCUT2D eigenvalue weighted by molar-refractivity contribution is 0.0374. The van der Waals surface area contributed by atoms with Gasteiger partial charge >= 0.3 is 0 Å². The molecule has 2 aromatic rings. The Morgan fingerprint density at radius 1 is 0.923 bits per heavy atom. The van der Waals surface area contributed by atoms with Crippen LogP contribution in [0.3, 0.4) is 0 Å².